The first-order valence-electron chi connectivity index (χ1n) is 4.76. The Morgan fingerprint density at radius 1 is 1.47 bits per heavy atom. The van der Waals surface area contributed by atoms with E-state index in [0.717, 1.165) is 0 Å². The Morgan fingerprint density at radius 2 is 2.24 bits per heavy atom. The summed E-state index contributed by atoms with van der Waals surface area (Å²) < 4.78 is 17.9. The molecular formula is C11H9FN2O2S. The number of hydrogen-bond acceptors (Lipinski definition) is 5. The molecule has 0 aliphatic rings. The number of hydrogen-bond donors (Lipinski definition) is 1. The molecule has 4 nitrogen and oxygen atoms in total. The van der Waals surface area contributed by atoms with E-state index >= 15 is 0 Å². The molecule has 1 aromatic heterocycles. The predicted octanol–water partition coefficient (Wildman–Crippen LogP) is 2.81. The Labute approximate surface area is 101 Å². The first kappa shape index (κ1) is 11.5. The number of benzene rings is 1. The van der Waals surface area contributed by atoms with Gasteiger partial charge in [-0.1, -0.05) is 12.1 Å². The van der Waals surface area contributed by atoms with Crippen LogP contribution in [0.5, 0.6) is 0 Å². The minimum Gasteiger partial charge on any atom is -0.464 e. The number of nitrogens with zero attached hydrogens (tertiary/aromatic N) is 1. The molecule has 0 radical (unpaired) electrons. The van der Waals surface area contributed by atoms with Gasteiger partial charge in [-0.05, 0) is 12.1 Å². The fourth-order valence-electron chi connectivity index (χ4n) is 1.21. The zero-order valence-corrected chi connectivity index (χ0v) is 9.75. The Kier molecular flexibility index (Phi) is 3.34. The van der Waals surface area contributed by atoms with Crippen molar-refractivity contribution in [3.63, 3.8) is 0 Å². The summed E-state index contributed by atoms with van der Waals surface area (Å²) >= 11 is 1.21. The monoisotopic (exact) mass is 252 g/mol. The quantitative estimate of drug-likeness (QED) is 0.853. The number of carbonyl (C=O) groups excluding carboxylic acids is 1. The van der Waals surface area contributed by atoms with Gasteiger partial charge in [0.1, 0.15) is 5.82 Å². The molecule has 0 atom stereocenters. The van der Waals surface area contributed by atoms with Crippen LogP contribution >= 0.6 is 11.3 Å². The van der Waals surface area contributed by atoms with Crippen LogP contribution in [0.2, 0.25) is 0 Å². The van der Waals surface area contributed by atoms with Gasteiger partial charge in [0.15, 0.2) is 10.8 Å². The lowest BCUT2D eigenvalue weighted by Gasteiger charge is -2.02. The van der Waals surface area contributed by atoms with E-state index < -0.39 is 5.97 Å². The first-order chi connectivity index (χ1) is 8.20. The topological polar surface area (TPSA) is 51.2 Å². The second-order valence-electron chi connectivity index (χ2n) is 3.13. The van der Waals surface area contributed by atoms with Gasteiger partial charge in [-0.3, -0.25) is 0 Å². The van der Waals surface area contributed by atoms with Crippen molar-refractivity contribution in [2.75, 3.05) is 12.4 Å². The molecule has 0 saturated heterocycles. The summed E-state index contributed by atoms with van der Waals surface area (Å²) in [6, 6.07) is 6.24. The molecule has 17 heavy (non-hydrogen) atoms. The minimum atomic E-state index is -0.511. The molecular weight excluding hydrogens is 243 g/mol. The van der Waals surface area contributed by atoms with Crippen LogP contribution in [0.3, 0.4) is 0 Å². The van der Waals surface area contributed by atoms with Crippen LogP contribution in [0.1, 0.15) is 10.5 Å². The Bertz CT molecular complexity index is 542. The third-order valence-corrected chi connectivity index (χ3v) is 2.77. The molecule has 0 saturated carbocycles. The van der Waals surface area contributed by atoms with E-state index in [2.05, 4.69) is 15.0 Å². The van der Waals surface area contributed by atoms with Gasteiger partial charge >= 0.3 is 5.97 Å². The molecule has 0 bridgehead atoms. The van der Waals surface area contributed by atoms with E-state index in [1.807, 2.05) is 0 Å². The van der Waals surface area contributed by atoms with Crippen molar-refractivity contribution in [2.24, 2.45) is 0 Å². The summed E-state index contributed by atoms with van der Waals surface area (Å²) in [7, 11) is 1.28. The third kappa shape index (κ3) is 2.59. The number of carbonyl (C=O) groups is 1. The molecule has 0 unspecified atom stereocenters. The van der Waals surface area contributed by atoms with Crippen LogP contribution in [0.15, 0.2) is 29.6 Å². The summed E-state index contributed by atoms with van der Waals surface area (Å²) in [5.74, 6) is -0.884. The Hall–Kier alpha value is -1.95. The first-order valence-corrected chi connectivity index (χ1v) is 5.64. The lowest BCUT2D eigenvalue weighted by molar-refractivity contribution is 0.0595. The van der Waals surface area contributed by atoms with Gasteiger partial charge < -0.3 is 10.1 Å². The van der Waals surface area contributed by atoms with E-state index in [0.29, 0.717) is 10.8 Å². The van der Waals surface area contributed by atoms with Gasteiger partial charge in [0, 0.05) is 5.38 Å². The molecule has 2 rings (SSSR count). The molecule has 1 N–H and O–H groups in total. The number of ether oxygens (including phenoxy) is 1. The second-order valence-corrected chi connectivity index (χ2v) is 3.99. The van der Waals surface area contributed by atoms with Gasteiger partial charge in [-0.25, -0.2) is 14.2 Å². The molecule has 6 heteroatoms. The SMILES string of the molecule is COC(=O)c1csc(Nc2ccccc2F)n1. The number of rotatable bonds is 3. The van der Waals surface area contributed by atoms with Crippen LogP contribution in [-0.2, 0) is 4.74 Å². The van der Waals surface area contributed by atoms with Crippen molar-refractivity contribution >= 4 is 28.1 Å². The fraction of sp³-hybridized carbons (Fsp3) is 0.0909. The van der Waals surface area contributed by atoms with Gasteiger partial charge in [0.25, 0.3) is 0 Å². The van der Waals surface area contributed by atoms with E-state index in [1.54, 1.807) is 23.6 Å². The lowest BCUT2D eigenvalue weighted by Crippen LogP contribution is -2.01. The molecule has 0 spiro atoms. The molecule has 0 aliphatic carbocycles. The summed E-state index contributed by atoms with van der Waals surface area (Å²) in [6.45, 7) is 0. The number of methoxy groups -OCH3 is 1. The van der Waals surface area contributed by atoms with Gasteiger partial charge in [-0.2, -0.15) is 0 Å². The molecule has 1 heterocycles. The molecule has 1 aromatic carbocycles. The Balaban J connectivity index is 2.17. The van der Waals surface area contributed by atoms with Crippen molar-refractivity contribution in [3.8, 4) is 0 Å². The van der Waals surface area contributed by atoms with E-state index in [-0.39, 0.29) is 11.5 Å². The highest BCUT2D eigenvalue weighted by Gasteiger charge is 2.11. The van der Waals surface area contributed by atoms with Gasteiger partial charge in [0.2, 0.25) is 0 Å². The molecule has 0 amide bonds. The van der Waals surface area contributed by atoms with Crippen molar-refractivity contribution < 1.29 is 13.9 Å². The van der Waals surface area contributed by atoms with Crippen molar-refractivity contribution in [1.82, 2.24) is 4.98 Å². The zero-order valence-electron chi connectivity index (χ0n) is 8.94. The predicted molar refractivity (Wildman–Crippen MR) is 63.1 cm³/mol. The maximum atomic E-state index is 13.3. The standard InChI is InChI=1S/C11H9FN2O2S/c1-16-10(15)9-6-17-11(14-9)13-8-5-3-2-4-7(8)12/h2-6H,1H3,(H,13,14). The number of para-hydroxylation sites is 1. The highest BCUT2D eigenvalue weighted by molar-refractivity contribution is 7.14. The van der Waals surface area contributed by atoms with Crippen molar-refractivity contribution in [2.45, 2.75) is 0 Å². The average molecular weight is 252 g/mol. The molecule has 0 fully saturated rings. The highest BCUT2D eigenvalue weighted by Crippen LogP contribution is 2.22. The van der Waals surface area contributed by atoms with Crippen LogP contribution in [0.4, 0.5) is 15.2 Å². The van der Waals surface area contributed by atoms with Crippen LogP contribution in [-0.4, -0.2) is 18.1 Å². The largest absolute Gasteiger partial charge is 0.464 e. The van der Waals surface area contributed by atoms with E-state index in [9.17, 15) is 9.18 Å². The number of thiazole rings is 1. The summed E-state index contributed by atoms with van der Waals surface area (Å²) in [6.07, 6.45) is 0. The minimum absolute atomic E-state index is 0.205. The van der Waals surface area contributed by atoms with E-state index in [4.69, 9.17) is 0 Å². The number of halogens is 1. The number of nitrogens with one attached hydrogen (secondary N) is 1. The second kappa shape index (κ2) is 4.92. The molecule has 2 aromatic rings. The Morgan fingerprint density at radius 3 is 2.94 bits per heavy atom. The normalized spacial score (nSPS) is 10.0. The number of aromatic nitrogens is 1. The fourth-order valence-corrected chi connectivity index (χ4v) is 1.90. The molecule has 88 valence electrons. The smallest absolute Gasteiger partial charge is 0.357 e. The van der Waals surface area contributed by atoms with Crippen LogP contribution in [0, 0.1) is 5.82 Å². The molecule has 0 aliphatic heterocycles. The van der Waals surface area contributed by atoms with Crippen molar-refractivity contribution in [1.29, 1.82) is 0 Å². The summed E-state index contributed by atoms with van der Waals surface area (Å²) in [5.41, 5.74) is 0.523. The van der Waals surface area contributed by atoms with Crippen LogP contribution in [0.25, 0.3) is 0 Å². The van der Waals surface area contributed by atoms with Gasteiger partial charge in [0.05, 0.1) is 12.8 Å². The lowest BCUT2D eigenvalue weighted by atomic mass is 10.3. The number of anilines is 2. The summed E-state index contributed by atoms with van der Waals surface area (Å²) in [5, 5.41) is 4.79. The highest BCUT2D eigenvalue weighted by atomic mass is 32.1. The number of esters is 1. The zero-order chi connectivity index (χ0) is 12.3. The maximum Gasteiger partial charge on any atom is 0.357 e. The summed E-state index contributed by atoms with van der Waals surface area (Å²) in [4.78, 5) is 15.1. The van der Waals surface area contributed by atoms with Gasteiger partial charge in [-0.15, -0.1) is 11.3 Å². The van der Waals surface area contributed by atoms with Crippen LogP contribution < -0.4 is 5.32 Å². The maximum absolute atomic E-state index is 13.3. The van der Waals surface area contributed by atoms with Crippen molar-refractivity contribution in [3.05, 3.63) is 41.2 Å². The average Bonchev–Trinajstić information content (AvgIpc) is 2.80. The van der Waals surface area contributed by atoms with E-state index in [1.165, 1.54) is 24.5 Å². The third-order valence-electron chi connectivity index (χ3n) is 2.01.